The molecule has 146 valence electrons. The van der Waals surface area contributed by atoms with Crippen LogP contribution in [0.4, 0.5) is 20.6 Å². The second kappa shape index (κ2) is 7.24. The molecule has 11 heteroatoms. The molecule has 4 aromatic rings. The van der Waals surface area contributed by atoms with Crippen molar-refractivity contribution in [2.75, 3.05) is 10.6 Å². The maximum absolute atomic E-state index is 12.9. The van der Waals surface area contributed by atoms with Crippen LogP contribution < -0.4 is 10.6 Å². The molecule has 0 unspecified atom stereocenters. The van der Waals surface area contributed by atoms with Gasteiger partial charge in [0.25, 0.3) is 11.9 Å². The first-order valence-electron chi connectivity index (χ1n) is 8.11. The van der Waals surface area contributed by atoms with Crippen molar-refractivity contribution >= 4 is 46.1 Å². The van der Waals surface area contributed by atoms with E-state index in [9.17, 15) is 14.0 Å². The number of anilines is 2. The Balaban J connectivity index is 1.65. The molecule has 0 aliphatic carbocycles. The van der Waals surface area contributed by atoms with Crippen LogP contribution >= 0.6 is 11.6 Å². The van der Waals surface area contributed by atoms with E-state index in [-0.39, 0.29) is 11.4 Å². The highest BCUT2D eigenvalue weighted by atomic mass is 35.5. The quantitative estimate of drug-likeness (QED) is 0.391. The lowest BCUT2D eigenvalue weighted by Crippen LogP contribution is -2.10. The molecule has 4 N–H and O–H groups in total. The monoisotopic (exact) mass is 415 g/mol. The molecular weight excluding hydrogens is 405 g/mol. The lowest BCUT2D eigenvalue weighted by atomic mass is 10.2. The molecule has 4 rings (SSSR count). The minimum atomic E-state index is -1.21. The van der Waals surface area contributed by atoms with E-state index in [0.29, 0.717) is 33.3 Å². The van der Waals surface area contributed by atoms with E-state index in [1.165, 1.54) is 18.3 Å². The van der Waals surface area contributed by atoms with Crippen LogP contribution in [-0.2, 0) is 0 Å². The van der Waals surface area contributed by atoms with E-state index in [2.05, 4.69) is 30.0 Å². The molecule has 0 saturated carbocycles. The van der Waals surface area contributed by atoms with Crippen molar-refractivity contribution in [3.63, 3.8) is 0 Å². The third-order valence-corrected chi connectivity index (χ3v) is 4.19. The number of carbonyl (C=O) groups excluding carboxylic acids is 1. The standard InChI is InChI=1S/C18H11ClFN5O4/c19-11-2-1-8(22-17(26)13-3-4-14(20)29-13)5-10(11)15-24-12-6-9(23-18(27)28)7-21-16(12)25-15/h1-7,23H,(H,22,26)(H,27,28)(H,21,24,25). The van der Waals surface area contributed by atoms with E-state index in [0.717, 1.165) is 6.07 Å². The molecule has 3 aromatic heterocycles. The summed E-state index contributed by atoms with van der Waals surface area (Å²) in [5.74, 6) is -0.437. The number of nitrogens with zero attached hydrogens (tertiary/aromatic N) is 2. The van der Waals surface area contributed by atoms with Gasteiger partial charge in [-0.25, -0.2) is 14.8 Å². The fourth-order valence-electron chi connectivity index (χ4n) is 2.63. The maximum Gasteiger partial charge on any atom is 0.409 e. The van der Waals surface area contributed by atoms with Gasteiger partial charge in [-0.2, -0.15) is 4.39 Å². The number of fused-ring (bicyclic) bond motifs is 1. The smallest absolute Gasteiger partial charge is 0.409 e. The Morgan fingerprint density at radius 2 is 1.97 bits per heavy atom. The molecule has 0 bridgehead atoms. The van der Waals surface area contributed by atoms with Crippen LogP contribution in [0.25, 0.3) is 22.6 Å². The molecule has 1 aromatic carbocycles. The summed E-state index contributed by atoms with van der Waals surface area (Å²) >= 11 is 6.26. The SMILES string of the molecule is O=C(O)Nc1cnc2nc(-c3cc(NC(=O)c4ccc(F)o4)ccc3Cl)[nH]c2c1. The zero-order valence-corrected chi connectivity index (χ0v) is 15.1. The Kier molecular flexibility index (Phi) is 4.61. The average molecular weight is 416 g/mol. The Morgan fingerprint density at radius 1 is 1.14 bits per heavy atom. The zero-order chi connectivity index (χ0) is 20.5. The number of hydrogen-bond acceptors (Lipinski definition) is 5. The molecule has 3 heterocycles. The number of furan rings is 1. The van der Waals surface area contributed by atoms with Gasteiger partial charge in [-0.3, -0.25) is 10.1 Å². The van der Waals surface area contributed by atoms with E-state index >= 15 is 0 Å². The van der Waals surface area contributed by atoms with Crippen molar-refractivity contribution in [2.24, 2.45) is 0 Å². The minimum absolute atomic E-state index is 0.176. The molecule has 0 fully saturated rings. The van der Waals surface area contributed by atoms with Crippen molar-refractivity contribution < 1.29 is 23.5 Å². The fourth-order valence-corrected chi connectivity index (χ4v) is 2.84. The number of halogens is 2. The summed E-state index contributed by atoms with van der Waals surface area (Å²) in [7, 11) is 0. The van der Waals surface area contributed by atoms with Gasteiger partial charge in [0.05, 0.1) is 22.4 Å². The number of aromatic nitrogens is 3. The van der Waals surface area contributed by atoms with Crippen LogP contribution in [0.2, 0.25) is 5.02 Å². The molecule has 0 radical (unpaired) electrons. The molecule has 0 aliphatic rings. The summed E-state index contributed by atoms with van der Waals surface area (Å²) in [4.78, 5) is 34.3. The van der Waals surface area contributed by atoms with Crippen LogP contribution in [0.1, 0.15) is 10.6 Å². The molecule has 29 heavy (non-hydrogen) atoms. The summed E-state index contributed by atoms with van der Waals surface area (Å²) in [5.41, 5.74) is 1.97. The molecule has 0 atom stereocenters. The van der Waals surface area contributed by atoms with E-state index in [4.69, 9.17) is 16.7 Å². The van der Waals surface area contributed by atoms with Crippen LogP contribution in [0.5, 0.6) is 0 Å². The first-order chi connectivity index (χ1) is 13.9. The maximum atomic E-state index is 12.9. The Morgan fingerprint density at radius 3 is 2.69 bits per heavy atom. The van der Waals surface area contributed by atoms with Gasteiger partial charge >= 0.3 is 6.09 Å². The predicted molar refractivity (Wildman–Crippen MR) is 103 cm³/mol. The van der Waals surface area contributed by atoms with Crippen LogP contribution in [0, 0.1) is 6.01 Å². The van der Waals surface area contributed by atoms with E-state index in [1.807, 2.05) is 0 Å². The largest absolute Gasteiger partial charge is 0.465 e. The topological polar surface area (TPSA) is 133 Å². The predicted octanol–water partition coefficient (Wildman–Crippen LogP) is 4.35. The van der Waals surface area contributed by atoms with Crippen molar-refractivity contribution in [2.45, 2.75) is 0 Å². The van der Waals surface area contributed by atoms with Crippen molar-refractivity contribution in [1.29, 1.82) is 0 Å². The van der Waals surface area contributed by atoms with Gasteiger partial charge in [0, 0.05) is 17.3 Å². The molecule has 0 spiro atoms. The number of amides is 2. The Bertz CT molecular complexity index is 1250. The molecule has 9 nitrogen and oxygen atoms in total. The van der Waals surface area contributed by atoms with Gasteiger partial charge in [0.15, 0.2) is 11.4 Å². The number of carboxylic acid groups (broad SMARTS) is 1. The number of pyridine rings is 1. The van der Waals surface area contributed by atoms with Gasteiger partial charge in [-0.1, -0.05) is 11.6 Å². The molecule has 0 saturated heterocycles. The van der Waals surface area contributed by atoms with Gasteiger partial charge < -0.3 is 19.8 Å². The number of carbonyl (C=O) groups is 2. The minimum Gasteiger partial charge on any atom is -0.465 e. The number of hydrogen-bond donors (Lipinski definition) is 4. The summed E-state index contributed by atoms with van der Waals surface area (Å²) in [6.07, 6.45) is 0.121. The van der Waals surface area contributed by atoms with Crippen molar-refractivity contribution in [1.82, 2.24) is 15.0 Å². The average Bonchev–Trinajstić information content (AvgIpc) is 3.28. The van der Waals surface area contributed by atoms with Crippen molar-refractivity contribution in [3.05, 3.63) is 59.4 Å². The third kappa shape index (κ3) is 3.87. The van der Waals surface area contributed by atoms with Gasteiger partial charge in [-0.05, 0) is 30.3 Å². The molecule has 2 amide bonds. The van der Waals surface area contributed by atoms with Gasteiger partial charge in [-0.15, -0.1) is 0 Å². The van der Waals surface area contributed by atoms with Crippen LogP contribution in [0.15, 0.2) is 47.0 Å². The Hall–Kier alpha value is -3.92. The summed E-state index contributed by atoms with van der Waals surface area (Å²) in [6, 6.07) is 7.64. The number of imidazole rings is 1. The highest BCUT2D eigenvalue weighted by Gasteiger charge is 2.15. The number of aromatic amines is 1. The first-order valence-corrected chi connectivity index (χ1v) is 8.49. The van der Waals surface area contributed by atoms with Crippen molar-refractivity contribution in [3.8, 4) is 11.4 Å². The fraction of sp³-hybridized carbons (Fsp3) is 0. The zero-order valence-electron chi connectivity index (χ0n) is 14.4. The normalized spacial score (nSPS) is 10.8. The molecule has 0 aliphatic heterocycles. The van der Waals surface area contributed by atoms with E-state index < -0.39 is 18.0 Å². The number of nitrogens with one attached hydrogen (secondary N) is 3. The van der Waals surface area contributed by atoms with Gasteiger partial charge in [0.2, 0.25) is 0 Å². The second-order valence-corrected chi connectivity index (χ2v) is 6.27. The lowest BCUT2D eigenvalue weighted by Gasteiger charge is -2.07. The lowest BCUT2D eigenvalue weighted by molar-refractivity contribution is 0.0988. The summed E-state index contributed by atoms with van der Waals surface area (Å²) < 4.78 is 17.6. The summed E-state index contributed by atoms with van der Waals surface area (Å²) in [6.45, 7) is 0. The van der Waals surface area contributed by atoms with Gasteiger partial charge in [0.1, 0.15) is 5.82 Å². The van der Waals surface area contributed by atoms with Crippen LogP contribution in [0.3, 0.4) is 0 Å². The third-order valence-electron chi connectivity index (χ3n) is 3.87. The number of H-pyrrole nitrogens is 1. The van der Waals surface area contributed by atoms with E-state index in [1.54, 1.807) is 18.2 Å². The second-order valence-electron chi connectivity index (χ2n) is 5.86. The summed E-state index contributed by atoms with van der Waals surface area (Å²) in [5, 5.41) is 13.9. The first kappa shape index (κ1) is 18.4. The van der Waals surface area contributed by atoms with Crippen LogP contribution in [-0.4, -0.2) is 32.1 Å². The molecular formula is C18H11ClFN5O4. The Labute approximate surface area is 166 Å². The highest BCUT2D eigenvalue weighted by Crippen LogP contribution is 2.30. The number of rotatable bonds is 4. The highest BCUT2D eigenvalue weighted by molar-refractivity contribution is 6.33. The number of benzene rings is 1.